The molecule has 1 aromatic carbocycles. The summed E-state index contributed by atoms with van der Waals surface area (Å²) in [5.74, 6) is 0. The smallest absolute Gasteiger partial charge is 0.414 e. The molecule has 0 bridgehead atoms. The van der Waals surface area contributed by atoms with E-state index in [-0.39, 0.29) is 6.09 Å². The molecule has 1 amide bonds. The molecule has 0 radical (unpaired) electrons. The van der Waals surface area contributed by atoms with E-state index < -0.39 is 0 Å². The van der Waals surface area contributed by atoms with Gasteiger partial charge in [0.25, 0.3) is 0 Å². The minimum Gasteiger partial charge on any atom is -0.449 e. The maximum Gasteiger partial charge on any atom is 0.414 e. The van der Waals surface area contributed by atoms with Crippen LogP contribution in [0.1, 0.15) is 6.42 Å². The molecule has 0 saturated carbocycles. The summed E-state index contributed by atoms with van der Waals surface area (Å²) in [5, 5.41) is 0.675. The molecule has 5 heteroatoms. The molecule has 1 fully saturated rings. The lowest BCUT2D eigenvalue weighted by Crippen LogP contribution is -2.38. The molecule has 15 heavy (non-hydrogen) atoms. The summed E-state index contributed by atoms with van der Waals surface area (Å²) in [6, 6.07) is 5.46. The van der Waals surface area contributed by atoms with Crippen LogP contribution in [0, 0.1) is 3.57 Å². The molecule has 0 spiro atoms. The number of hydrogen-bond acceptors (Lipinski definition) is 2. The first-order valence-corrected chi connectivity index (χ1v) is 6.03. The second-order valence-corrected chi connectivity index (χ2v) is 4.81. The molecule has 80 valence electrons. The third-order valence-corrected chi connectivity index (χ3v) is 3.27. The van der Waals surface area contributed by atoms with Gasteiger partial charge in [-0.05, 0) is 47.2 Å². The molecule has 0 unspecified atom stereocenters. The summed E-state index contributed by atoms with van der Waals surface area (Å²) in [6.45, 7) is 1.22. The predicted molar refractivity (Wildman–Crippen MR) is 67.5 cm³/mol. The highest BCUT2D eigenvalue weighted by Crippen LogP contribution is 2.27. The van der Waals surface area contributed by atoms with Crippen LogP contribution in [0.5, 0.6) is 0 Å². The second kappa shape index (κ2) is 4.57. The molecule has 1 aliphatic heterocycles. The van der Waals surface area contributed by atoms with E-state index in [9.17, 15) is 4.79 Å². The van der Waals surface area contributed by atoms with E-state index in [1.165, 1.54) is 0 Å². The zero-order valence-electron chi connectivity index (χ0n) is 7.87. The van der Waals surface area contributed by atoms with Crippen LogP contribution in [-0.4, -0.2) is 19.2 Å². The van der Waals surface area contributed by atoms with E-state index in [2.05, 4.69) is 22.6 Å². The summed E-state index contributed by atoms with van der Waals surface area (Å²) >= 11 is 8.02. The summed E-state index contributed by atoms with van der Waals surface area (Å²) in [5.41, 5.74) is 0.865. The van der Waals surface area contributed by atoms with Crippen molar-refractivity contribution in [2.75, 3.05) is 18.1 Å². The Balaban J connectivity index is 2.31. The quantitative estimate of drug-likeness (QED) is 0.736. The number of rotatable bonds is 1. The Hall–Kier alpha value is -0.490. The fraction of sp³-hybridized carbons (Fsp3) is 0.300. The number of carbonyl (C=O) groups is 1. The van der Waals surface area contributed by atoms with Crippen LogP contribution in [0.4, 0.5) is 10.5 Å². The van der Waals surface area contributed by atoms with Crippen molar-refractivity contribution in [3.8, 4) is 0 Å². The van der Waals surface area contributed by atoms with Crippen LogP contribution in [-0.2, 0) is 4.74 Å². The Morgan fingerprint density at radius 2 is 2.27 bits per heavy atom. The number of amides is 1. The van der Waals surface area contributed by atoms with Crippen molar-refractivity contribution in [2.24, 2.45) is 0 Å². The molecule has 1 heterocycles. The van der Waals surface area contributed by atoms with Crippen molar-refractivity contribution >= 4 is 46.0 Å². The molecular weight excluding hydrogens is 328 g/mol. The van der Waals surface area contributed by atoms with Crippen LogP contribution in [0.2, 0.25) is 5.02 Å². The van der Waals surface area contributed by atoms with Crippen LogP contribution in [0.3, 0.4) is 0 Å². The van der Waals surface area contributed by atoms with Gasteiger partial charge >= 0.3 is 6.09 Å². The number of nitrogens with zero attached hydrogens (tertiary/aromatic N) is 1. The van der Waals surface area contributed by atoms with Crippen molar-refractivity contribution in [3.05, 3.63) is 26.8 Å². The molecule has 3 nitrogen and oxygen atoms in total. The van der Waals surface area contributed by atoms with Gasteiger partial charge in [0, 0.05) is 15.1 Å². The first-order valence-electron chi connectivity index (χ1n) is 4.58. The van der Waals surface area contributed by atoms with Crippen molar-refractivity contribution in [3.63, 3.8) is 0 Å². The molecular formula is C10H9ClINO2. The van der Waals surface area contributed by atoms with E-state index in [1.807, 2.05) is 12.1 Å². The zero-order valence-corrected chi connectivity index (χ0v) is 10.8. The molecule has 0 N–H and O–H groups in total. The van der Waals surface area contributed by atoms with Crippen molar-refractivity contribution in [2.45, 2.75) is 6.42 Å². The van der Waals surface area contributed by atoms with Crippen LogP contribution in [0.25, 0.3) is 0 Å². The standard InChI is InChI=1S/C10H9ClINO2/c11-7-2-3-9(8(12)6-7)13-4-1-5-15-10(13)14/h2-3,6H,1,4-5H2. The van der Waals surface area contributed by atoms with Gasteiger partial charge in [0.2, 0.25) is 0 Å². The van der Waals surface area contributed by atoms with Crippen molar-refractivity contribution in [1.29, 1.82) is 0 Å². The molecule has 0 aromatic heterocycles. The van der Waals surface area contributed by atoms with Crippen LogP contribution >= 0.6 is 34.2 Å². The molecule has 0 atom stereocenters. The average molecular weight is 338 g/mol. The Kier molecular flexibility index (Phi) is 3.35. The molecule has 2 rings (SSSR count). The maximum absolute atomic E-state index is 11.5. The molecule has 0 aliphatic carbocycles. The van der Waals surface area contributed by atoms with Gasteiger partial charge in [-0.25, -0.2) is 4.79 Å². The normalized spacial score (nSPS) is 16.4. The number of hydrogen-bond donors (Lipinski definition) is 0. The number of benzene rings is 1. The second-order valence-electron chi connectivity index (χ2n) is 3.22. The minimum absolute atomic E-state index is 0.276. The fourth-order valence-corrected chi connectivity index (χ4v) is 2.63. The first kappa shape index (κ1) is 11.0. The van der Waals surface area contributed by atoms with E-state index in [1.54, 1.807) is 11.0 Å². The number of halogens is 2. The summed E-state index contributed by atoms with van der Waals surface area (Å²) in [6.07, 6.45) is 0.589. The minimum atomic E-state index is -0.276. The first-order chi connectivity index (χ1) is 7.18. The average Bonchev–Trinajstić information content (AvgIpc) is 2.20. The highest BCUT2D eigenvalue weighted by Gasteiger charge is 2.22. The van der Waals surface area contributed by atoms with Gasteiger partial charge in [0.1, 0.15) is 0 Å². The van der Waals surface area contributed by atoms with Gasteiger partial charge in [-0.2, -0.15) is 0 Å². The molecule has 1 aliphatic rings. The highest BCUT2D eigenvalue weighted by molar-refractivity contribution is 14.1. The van der Waals surface area contributed by atoms with Crippen LogP contribution in [0.15, 0.2) is 18.2 Å². The fourth-order valence-electron chi connectivity index (χ4n) is 1.47. The lowest BCUT2D eigenvalue weighted by Gasteiger charge is -2.27. The number of cyclic esters (lactones) is 1. The monoisotopic (exact) mass is 337 g/mol. The van der Waals surface area contributed by atoms with Gasteiger partial charge in [-0.3, -0.25) is 4.90 Å². The highest BCUT2D eigenvalue weighted by atomic mass is 127. The predicted octanol–water partition coefficient (Wildman–Crippen LogP) is 3.29. The molecule has 1 saturated heterocycles. The Bertz CT molecular complexity index is 397. The van der Waals surface area contributed by atoms with Gasteiger partial charge < -0.3 is 4.74 Å². The largest absolute Gasteiger partial charge is 0.449 e. The lowest BCUT2D eigenvalue weighted by atomic mass is 10.2. The summed E-state index contributed by atoms with van der Waals surface area (Å²) in [4.78, 5) is 13.1. The summed E-state index contributed by atoms with van der Waals surface area (Å²) in [7, 11) is 0. The Morgan fingerprint density at radius 1 is 1.47 bits per heavy atom. The van der Waals surface area contributed by atoms with E-state index >= 15 is 0 Å². The third kappa shape index (κ3) is 2.36. The third-order valence-electron chi connectivity index (χ3n) is 2.17. The SMILES string of the molecule is O=C1OCCCN1c1ccc(Cl)cc1I. The van der Waals surface area contributed by atoms with Crippen LogP contribution < -0.4 is 4.90 Å². The van der Waals surface area contributed by atoms with Gasteiger partial charge in [-0.1, -0.05) is 11.6 Å². The van der Waals surface area contributed by atoms with Gasteiger partial charge in [-0.15, -0.1) is 0 Å². The summed E-state index contributed by atoms with van der Waals surface area (Å²) < 4.78 is 5.94. The van der Waals surface area contributed by atoms with Crippen molar-refractivity contribution < 1.29 is 9.53 Å². The van der Waals surface area contributed by atoms with E-state index in [0.29, 0.717) is 18.2 Å². The number of ether oxygens (including phenoxy) is 1. The topological polar surface area (TPSA) is 29.5 Å². The maximum atomic E-state index is 11.5. The van der Waals surface area contributed by atoms with Crippen molar-refractivity contribution in [1.82, 2.24) is 0 Å². The zero-order chi connectivity index (χ0) is 10.8. The number of anilines is 1. The Morgan fingerprint density at radius 3 is 2.93 bits per heavy atom. The molecule has 1 aromatic rings. The van der Waals surface area contributed by atoms with E-state index in [0.717, 1.165) is 15.7 Å². The van der Waals surface area contributed by atoms with Gasteiger partial charge in [0.05, 0.1) is 12.3 Å². The number of carbonyl (C=O) groups excluding carboxylic acids is 1. The van der Waals surface area contributed by atoms with E-state index in [4.69, 9.17) is 16.3 Å². The lowest BCUT2D eigenvalue weighted by molar-refractivity contribution is 0.140. The Labute approximate surface area is 106 Å². The van der Waals surface area contributed by atoms with Gasteiger partial charge in [0.15, 0.2) is 0 Å².